The van der Waals surface area contributed by atoms with Crippen molar-refractivity contribution >= 4 is 17.8 Å². The Bertz CT molecular complexity index is 126. The van der Waals surface area contributed by atoms with E-state index in [0.29, 0.717) is 5.16 Å². The smallest absolute Gasteiger partial charge is 0.124 e. The topological polar surface area (TPSA) is 12.4 Å². The lowest BCUT2D eigenvalue weighted by molar-refractivity contribution is 0.911. The van der Waals surface area contributed by atoms with E-state index in [9.17, 15) is 0 Å². The van der Waals surface area contributed by atoms with E-state index in [-0.39, 0.29) is 0 Å². The maximum atomic E-state index is 5.58. The minimum Gasteiger partial charge on any atom is -0.249 e. The van der Waals surface area contributed by atoms with Crippen molar-refractivity contribution in [3.05, 3.63) is 11.2 Å². The average molecular weight is 130 g/mol. The maximum Gasteiger partial charge on any atom is 0.124 e. The van der Waals surface area contributed by atoms with Crippen molar-refractivity contribution in [1.82, 2.24) is 0 Å². The monoisotopic (exact) mass is 129 g/mol. The Morgan fingerprint density at radius 3 is 3.25 bits per heavy atom. The SMILES string of the molecule is ClC1=CCCCC=N1. The van der Waals surface area contributed by atoms with Crippen LogP contribution >= 0.6 is 11.6 Å². The number of hydrogen-bond donors (Lipinski definition) is 0. The van der Waals surface area contributed by atoms with Gasteiger partial charge in [0.2, 0.25) is 0 Å². The van der Waals surface area contributed by atoms with Gasteiger partial charge in [0, 0.05) is 6.21 Å². The van der Waals surface area contributed by atoms with Crippen molar-refractivity contribution in [1.29, 1.82) is 0 Å². The highest BCUT2D eigenvalue weighted by atomic mass is 35.5. The summed E-state index contributed by atoms with van der Waals surface area (Å²) in [5, 5.41) is 0.641. The van der Waals surface area contributed by atoms with Gasteiger partial charge in [0.05, 0.1) is 0 Å². The van der Waals surface area contributed by atoms with Crippen LogP contribution in [0.15, 0.2) is 16.2 Å². The number of rotatable bonds is 0. The zero-order valence-electron chi connectivity index (χ0n) is 4.60. The van der Waals surface area contributed by atoms with E-state index in [1.807, 2.05) is 12.3 Å². The highest BCUT2D eigenvalue weighted by molar-refractivity contribution is 6.29. The zero-order chi connectivity index (χ0) is 5.82. The Balaban J connectivity index is 2.55. The van der Waals surface area contributed by atoms with Gasteiger partial charge in [-0.15, -0.1) is 0 Å². The van der Waals surface area contributed by atoms with E-state index in [2.05, 4.69) is 4.99 Å². The molecule has 2 heteroatoms. The Morgan fingerprint density at radius 1 is 1.50 bits per heavy atom. The molecule has 0 fully saturated rings. The summed E-state index contributed by atoms with van der Waals surface area (Å²) in [5.74, 6) is 0. The van der Waals surface area contributed by atoms with E-state index in [1.54, 1.807) is 0 Å². The van der Waals surface area contributed by atoms with Crippen molar-refractivity contribution in [2.75, 3.05) is 0 Å². The van der Waals surface area contributed by atoms with Gasteiger partial charge in [0.25, 0.3) is 0 Å². The van der Waals surface area contributed by atoms with Crippen LogP contribution in [0.25, 0.3) is 0 Å². The molecule has 0 aromatic carbocycles. The van der Waals surface area contributed by atoms with Gasteiger partial charge in [-0.3, -0.25) is 0 Å². The summed E-state index contributed by atoms with van der Waals surface area (Å²) in [7, 11) is 0. The first-order valence-corrected chi connectivity index (χ1v) is 3.15. The Morgan fingerprint density at radius 2 is 2.38 bits per heavy atom. The molecule has 0 spiro atoms. The average Bonchev–Trinajstić information content (AvgIpc) is 1.94. The van der Waals surface area contributed by atoms with Gasteiger partial charge in [-0.2, -0.15) is 0 Å². The molecule has 0 bridgehead atoms. The van der Waals surface area contributed by atoms with E-state index in [4.69, 9.17) is 11.6 Å². The van der Waals surface area contributed by atoms with Crippen molar-refractivity contribution in [2.24, 2.45) is 4.99 Å². The summed E-state index contributed by atoms with van der Waals surface area (Å²) < 4.78 is 0. The fourth-order valence-electron chi connectivity index (χ4n) is 0.635. The van der Waals surface area contributed by atoms with Gasteiger partial charge in [-0.1, -0.05) is 11.6 Å². The third-order valence-corrected chi connectivity index (χ3v) is 1.32. The van der Waals surface area contributed by atoms with Crippen molar-refractivity contribution in [3.8, 4) is 0 Å². The molecule has 1 aliphatic rings. The van der Waals surface area contributed by atoms with Gasteiger partial charge in [0.1, 0.15) is 5.16 Å². The van der Waals surface area contributed by atoms with Crippen LogP contribution < -0.4 is 0 Å². The minimum atomic E-state index is 0.641. The summed E-state index contributed by atoms with van der Waals surface area (Å²) in [6, 6.07) is 0. The molecule has 1 nitrogen and oxygen atoms in total. The van der Waals surface area contributed by atoms with E-state index < -0.39 is 0 Å². The lowest BCUT2D eigenvalue weighted by Crippen LogP contribution is -1.69. The Kier molecular flexibility index (Phi) is 2.10. The Labute approximate surface area is 54.1 Å². The van der Waals surface area contributed by atoms with Gasteiger partial charge in [0.15, 0.2) is 0 Å². The molecule has 1 heterocycles. The molecule has 0 aromatic rings. The van der Waals surface area contributed by atoms with Crippen LogP contribution in [0.3, 0.4) is 0 Å². The standard InChI is InChI=1S/C6H8ClN/c7-6-4-2-1-3-5-8-6/h4-5H,1-3H2. The molecule has 0 unspecified atom stereocenters. The maximum absolute atomic E-state index is 5.58. The van der Waals surface area contributed by atoms with Gasteiger partial charge < -0.3 is 0 Å². The first-order chi connectivity index (χ1) is 3.89. The molecular weight excluding hydrogens is 122 g/mol. The molecule has 0 aliphatic carbocycles. The zero-order valence-corrected chi connectivity index (χ0v) is 5.36. The molecule has 0 N–H and O–H groups in total. The quantitative estimate of drug-likeness (QED) is 0.445. The fraction of sp³-hybridized carbons (Fsp3) is 0.500. The number of halogens is 1. The molecule has 44 valence electrons. The van der Waals surface area contributed by atoms with E-state index >= 15 is 0 Å². The second-order valence-corrected chi connectivity index (χ2v) is 2.16. The molecule has 0 atom stereocenters. The largest absolute Gasteiger partial charge is 0.249 e. The molecule has 0 radical (unpaired) electrons. The first-order valence-electron chi connectivity index (χ1n) is 2.78. The normalized spacial score (nSPS) is 19.9. The summed E-state index contributed by atoms with van der Waals surface area (Å²) in [6.45, 7) is 0. The van der Waals surface area contributed by atoms with Gasteiger partial charge in [-0.05, 0) is 25.3 Å². The lowest BCUT2D eigenvalue weighted by atomic mass is 10.2. The van der Waals surface area contributed by atoms with Gasteiger partial charge in [-0.25, -0.2) is 4.99 Å². The number of aliphatic imine (C=N–C) groups is 1. The third kappa shape index (κ3) is 1.66. The highest BCUT2D eigenvalue weighted by Crippen LogP contribution is 2.09. The predicted molar refractivity (Wildman–Crippen MR) is 36.3 cm³/mol. The van der Waals surface area contributed by atoms with Crippen LogP contribution in [-0.4, -0.2) is 6.21 Å². The second kappa shape index (κ2) is 2.88. The van der Waals surface area contributed by atoms with Crippen LogP contribution in [0.4, 0.5) is 0 Å². The molecule has 0 amide bonds. The first kappa shape index (κ1) is 5.83. The Hall–Kier alpha value is -0.300. The molecule has 8 heavy (non-hydrogen) atoms. The van der Waals surface area contributed by atoms with Crippen molar-refractivity contribution < 1.29 is 0 Å². The van der Waals surface area contributed by atoms with Crippen LogP contribution in [0.1, 0.15) is 19.3 Å². The number of hydrogen-bond acceptors (Lipinski definition) is 1. The predicted octanol–water partition coefficient (Wildman–Crippen LogP) is 2.32. The lowest BCUT2D eigenvalue weighted by Gasteiger charge is -1.81. The van der Waals surface area contributed by atoms with Crippen LogP contribution in [0.2, 0.25) is 0 Å². The molecule has 0 saturated carbocycles. The van der Waals surface area contributed by atoms with Crippen LogP contribution in [0, 0.1) is 0 Å². The fourth-order valence-corrected chi connectivity index (χ4v) is 0.813. The highest BCUT2D eigenvalue weighted by Gasteiger charge is 1.90. The summed E-state index contributed by atoms with van der Waals surface area (Å²) >= 11 is 5.58. The summed E-state index contributed by atoms with van der Waals surface area (Å²) in [4.78, 5) is 3.93. The molecule has 0 aromatic heterocycles. The molecule has 1 aliphatic heterocycles. The van der Waals surface area contributed by atoms with E-state index in [1.165, 1.54) is 6.42 Å². The molecular formula is C6H8ClN. The second-order valence-electron chi connectivity index (χ2n) is 1.77. The summed E-state index contributed by atoms with van der Waals surface area (Å²) in [5.41, 5.74) is 0. The molecule has 0 saturated heterocycles. The number of nitrogens with zero attached hydrogens (tertiary/aromatic N) is 1. The third-order valence-electron chi connectivity index (χ3n) is 1.06. The number of allylic oxidation sites excluding steroid dienone is 1. The van der Waals surface area contributed by atoms with Crippen molar-refractivity contribution in [3.63, 3.8) is 0 Å². The van der Waals surface area contributed by atoms with Crippen LogP contribution in [-0.2, 0) is 0 Å². The minimum absolute atomic E-state index is 0.641. The van der Waals surface area contributed by atoms with Crippen molar-refractivity contribution in [2.45, 2.75) is 19.3 Å². The molecule has 1 rings (SSSR count). The van der Waals surface area contributed by atoms with Crippen LogP contribution in [0.5, 0.6) is 0 Å². The van der Waals surface area contributed by atoms with Gasteiger partial charge >= 0.3 is 0 Å². The summed E-state index contributed by atoms with van der Waals surface area (Å²) in [6.07, 6.45) is 7.13. The van der Waals surface area contributed by atoms with E-state index in [0.717, 1.165) is 12.8 Å².